The molecule has 1 aromatic carbocycles. The van der Waals surface area contributed by atoms with Gasteiger partial charge in [-0.25, -0.2) is 0 Å². The van der Waals surface area contributed by atoms with Crippen LogP contribution in [0.2, 0.25) is 0 Å². The molecule has 0 aromatic heterocycles. The number of rotatable bonds is 9. The highest BCUT2D eigenvalue weighted by molar-refractivity contribution is 9.11. The highest BCUT2D eigenvalue weighted by atomic mass is 79.9. The van der Waals surface area contributed by atoms with Crippen molar-refractivity contribution in [3.8, 4) is 5.75 Å². The van der Waals surface area contributed by atoms with Crippen LogP contribution in [-0.4, -0.2) is 24.9 Å². The average Bonchev–Trinajstić information content (AvgIpc) is 2.38. The van der Waals surface area contributed by atoms with Gasteiger partial charge in [0.15, 0.2) is 0 Å². The highest BCUT2D eigenvalue weighted by Gasteiger charge is 2.08. The number of halogens is 2. The molecule has 0 bridgehead atoms. The molecule has 0 saturated heterocycles. The summed E-state index contributed by atoms with van der Waals surface area (Å²) in [6, 6.07) is 4.16. The molecule has 0 atom stereocenters. The van der Waals surface area contributed by atoms with E-state index in [1.165, 1.54) is 5.56 Å². The Morgan fingerprint density at radius 3 is 2.47 bits per heavy atom. The summed E-state index contributed by atoms with van der Waals surface area (Å²) in [5.41, 5.74) is 1.20. The largest absolute Gasteiger partial charge is 0.491 e. The molecule has 3 nitrogen and oxygen atoms in total. The van der Waals surface area contributed by atoms with E-state index in [4.69, 9.17) is 9.84 Å². The minimum atomic E-state index is 0.266. The number of nitrogens with one attached hydrogen (secondary N) is 1. The van der Waals surface area contributed by atoms with Crippen molar-refractivity contribution in [3.05, 3.63) is 26.6 Å². The van der Waals surface area contributed by atoms with Crippen LogP contribution in [-0.2, 0) is 6.54 Å². The van der Waals surface area contributed by atoms with Gasteiger partial charge in [-0.3, -0.25) is 0 Å². The van der Waals surface area contributed by atoms with Crippen LogP contribution in [0.1, 0.15) is 31.7 Å². The average molecular weight is 395 g/mol. The van der Waals surface area contributed by atoms with Gasteiger partial charge in [0.1, 0.15) is 5.75 Å². The molecule has 19 heavy (non-hydrogen) atoms. The monoisotopic (exact) mass is 393 g/mol. The highest BCUT2D eigenvalue weighted by Crippen LogP contribution is 2.34. The first kappa shape index (κ1) is 17.0. The van der Waals surface area contributed by atoms with E-state index in [-0.39, 0.29) is 6.61 Å². The maximum absolute atomic E-state index is 8.70. The molecule has 0 fully saturated rings. The third-order valence-corrected chi connectivity index (χ3v) is 3.78. The SMILES string of the molecule is CCCOc1c(Br)cc(CNCCCCO)cc1Br. The van der Waals surface area contributed by atoms with Crippen molar-refractivity contribution < 1.29 is 9.84 Å². The molecule has 0 spiro atoms. The van der Waals surface area contributed by atoms with Gasteiger partial charge in [-0.05, 0) is 75.4 Å². The zero-order valence-electron chi connectivity index (χ0n) is 11.2. The third-order valence-electron chi connectivity index (χ3n) is 2.60. The van der Waals surface area contributed by atoms with Crippen LogP contribution < -0.4 is 10.1 Å². The second-order valence-electron chi connectivity index (χ2n) is 4.34. The second-order valence-corrected chi connectivity index (χ2v) is 6.05. The van der Waals surface area contributed by atoms with Crippen molar-refractivity contribution in [3.63, 3.8) is 0 Å². The summed E-state index contributed by atoms with van der Waals surface area (Å²) in [5, 5.41) is 12.1. The summed E-state index contributed by atoms with van der Waals surface area (Å²) in [6.45, 7) is 4.81. The Balaban J connectivity index is 2.52. The van der Waals surface area contributed by atoms with Crippen LogP contribution in [0, 0.1) is 0 Å². The number of benzene rings is 1. The van der Waals surface area contributed by atoms with Gasteiger partial charge in [0.2, 0.25) is 0 Å². The molecule has 0 aliphatic carbocycles. The standard InChI is InChI=1S/C14H21Br2NO2/c1-2-7-19-14-12(15)8-11(9-13(14)16)10-17-5-3-4-6-18/h8-9,17-18H,2-7,10H2,1H3. The van der Waals surface area contributed by atoms with Crippen molar-refractivity contribution in [2.45, 2.75) is 32.7 Å². The van der Waals surface area contributed by atoms with Crippen LogP contribution in [0.3, 0.4) is 0 Å². The van der Waals surface area contributed by atoms with E-state index in [9.17, 15) is 0 Å². The van der Waals surface area contributed by atoms with Crippen LogP contribution in [0.4, 0.5) is 0 Å². The molecule has 0 unspecified atom stereocenters. The minimum Gasteiger partial charge on any atom is -0.491 e. The van der Waals surface area contributed by atoms with Gasteiger partial charge in [0.05, 0.1) is 15.6 Å². The van der Waals surface area contributed by atoms with Crippen molar-refractivity contribution in [1.29, 1.82) is 0 Å². The summed E-state index contributed by atoms with van der Waals surface area (Å²) in [4.78, 5) is 0. The topological polar surface area (TPSA) is 41.5 Å². The maximum Gasteiger partial charge on any atom is 0.147 e. The molecular formula is C14H21Br2NO2. The number of hydrogen-bond acceptors (Lipinski definition) is 3. The van der Waals surface area contributed by atoms with E-state index < -0.39 is 0 Å². The van der Waals surface area contributed by atoms with Gasteiger partial charge in [-0.15, -0.1) is 0 Å². The predicted molar refractivity (Wildman–Crippen MR) is 85.7 cm³/mol. The lowest BCUT2D eigenvalue weighted by Crippen LogP contribution is -2.15. The van der Waals surface area contributed by atoms with Gasteiger partial charge < -0.3 is 15.2 Å². The predicted octanol–water partition coefficient (Wildman–Crippen LogP) is 3.86. The summed E-state index contributed by atoms with van der Waals surface area (Å²) in [5.74, 6) is 0.867. The summed E-state index contributed by atoms with van der Waals surface area (Å²) in [6.07, 6.45) is 2.84. The van der Waals surface area contributed by atoms with E-state index in [0.29, 0.717) is 0 Å². The van der Waals surface area contributed by atoms with E-state index in [1.54, 1.807) is 0 Å². The summed E-state index contributed by atoms with van der Waals surface area (Å²) < 4.78 is 7.64. The quantitative estimate of drug-likeness (QED) is 0.624. The summed E-state index contributed by atoms with van der Waals surface area (Å²) in [7, 11) is 0. The lowest BCUT2D eigenvalue weighted by Gasteiger charge is -2.12. The first-order valence-corrected chi connectivity index (χ1v) is 8.20. The Morgan fingerprint density at radius 1 is 1.21 bits per heavy atom. The molecule has 2 N–H and O–H groups in total. The molecule has 0 amide bonds. The number of aliphatic hydroxyl groups is 1. The Kier molecular flexibility index (Phi) is 8.70. The molecule has 5 heteroatoms. The molecule has 1 rings (SSSR count). The number of aliphatic hydroxyl groups excluding tert-OH is 1. The first-order chi connectivity index (χ1) is 9.19. The molecule has 1 aromatic rings. The van der Waals surface area contributed by atoms with Crippen LogP contribution >= 0.6 is 31.9 Å². The Hall–Kier alpha value is -0.100. The lowest BCUT2D eigenvalue weighted by atomic mass is 10.2. The second kappa shape index (κ2) is 9.75. The van der Waals surface area contributed by atoms with Gasteiger partial charge >= 0.3 is 0 Å². The van der Waals surface area contributed by atoms with Crippen LogP contribution in [0.15, 0.2) is 21.1 Å². The third kappa shape index (κ3) is 6.25. The Labute approximate surface area is 132 Å². The normalized spacial score (nSPS) is 10.7. The van der Waals surface area contributed by atoms with E-state index >= 15 is 0 Å². The van der Waals surface area contributed by atoms with Crippen LogP contribution in [0.25, 0.3) is 0 Å². The van der Waals surface area contributed by atoms with Gasteiger partial charge in [0, 0.05) is 13.2 Å². The van der Waals surface area contributed by atoms with Crippen molar-refractivity contribution in [2.24, 2.45) is 0 Å². The zero-order chi connectivity index (χ0) is 14.1. The molecule has 0 heterocycles. The van der Waals surface area contributed by atoms with Crippen molar-refractivity contribution >= 4 is 31.9 Å². The Morgan fingerprint density at radius 2 is 1.89 bits per heavy atom. The van der Waals surface area contributed by atoms with Crippen molar-refractivity contribution in [2.75, 3.05) is 19.8 Å². The molecule has 108 valence electrons. The smallest absolute Gasteiger partial charge is 0.147 e. The fraction of sp³-hybridized carbons (Fsp3) is 0.571. The summed E-state index contributed by atoms with van der Waals surface area (Å²) >= 11 is 7.09. The van der Waals surface area contributed by atoms with E-state index in [0.717, 1.165) is 53.7 Å². The molecule has 0 radical (unpaired) electrons. The fourth-order valence-electron chi connectivity index (χ4n) is 1.65. The van der Waals surface area contributed by atoms with Gasteiger partial charge in [0.25, 0.3) is 0 Å². The van der Waals surface area contributed by atoms with E-state index in [1.807, 2.05) is 0 Å². The Bertz CT molecular complexity index is 363. The van der Waals surface area contributed by atoms with Crippen molar-refractivity contribution in [1.82, 2.24) is 5.32 Å². The maximum atomic E-state index is 8.70. The molecule has 0 saturated carbocycles. The lowest BCUT2D eigenvalue weighted by molar-refractivity contribution is 0.283. The molecule has 0 aliphatic heterocycles. The van der Waals surface area contributed by atoms with E-state index in [2.05, 4.69) is 56.2 Å². The fourth-order valence-corrected chi connectivity index (χ4v) is 3.16. The zero-order valence-corrected chi connectivity index (χ0v) is 14.4. The number of unbranched alkanes of at least 4 members (excludes halogenated alkanes) is 1. The van der Waals surface area contributed by atoms with Gasteiger partial charge in [-0.1, -0.05) is 6.92 Å². The first-order valence-electron chi connectivity index (χ1n) is 6.61. The minimum absolute atomic E-state index is 0.266. The molecule has 0 aliphatic rings. The molecular weight excluding hydrogens is 374 g/mol. The number of ether oxygens (including phenoxy) is 1. The van der Waals surface area contributed by atoms with Gasteiger partial charge in [-0.2, -0.15) is 0 Å². The number of hydrogen-bond donors (Lipinski definition) is 2. The van der Waals surface area contributed by atoms with Crippen LogP contribution in [0.5, 0.6) is 5.75 Å².